The van der Waals surface area contributed by atoms with Crippen molar-refractivity contribution in [2.45, 2.75) is 13.3 Å². The summed E-state index contributed by atoms with van der Waals surface area (Å²) in [4.78, 5) is 31.6. The molecule has 0 unspecified atom stereocenters. The van der Waals surface area contributed by atoms with Crippen molar-refractivity contribution in [2.75, 3.05) is 39.9 Å². The molecule has 1 N–H and O–H groups in total. The van der Waals surface area contributed by atoms with Crippen molar-refractivity contribution in [3.05, 3.63) is 46.0 Å². The standard InChI is InChI=1S/C18H24N4O3/c1-13-4-3-5-16-19-11-15(18(24)22(13)16)17(23)20-10-14-6-7-21(12-14)8-9-25-2/h3-5,11,14H,6-10,12H2,1-2H3,(H,20,23)/t14-/m0/s1. The van der Waals surface area contributed by atoms with Crippen LogP contribution in [0.5, 0.6) is 0 Å². The number of aromatic nitrogens is 2. The van der Waals surface area contributed by atoms with Gasteiger partial charge in [-0.3, -0.25) is 14.0 Å². The van der Waals surface area contributed by atoms with Gasteiger partial charge in [0.05, 0.1) is 6.61 Å². The Morgan fingerprint density at radius 3 is 3.08 bits per heavy atom. The molecule has 1 saturated heterocycles. The summed E-state index contributed by atoms with van der Waals surface area (Å²) in [5.74, 6) is 0.0456. The second kappa shape index (κ2) is 7.76. The highest BCUT2D eigenvalue weighted by molar-refractivity contribution is 5.93. The van der Waals surface area contributed by atoms with Gasteiger partial charge in [-0.15, -0.1) is 0 Å². The zero-order chi connectivity index (χ0) is 17.8. The Labute approximate surface area is 146 Å². The Balaban J connectivity index is 1.64. The molecule has 134 valence electrons. The van der Waals surface area contributed by atoms with E-state index in [0.717, 1.165) is 38.4 Å². The number of ether oxygens (including phenoxy) is 1. The van der Waals surface area contributed by atoms with Gasteiger partial charge in [0.25, 0.3) is 11.5 Å². The smallest absolute Gasteiger partial charge is 0.270 e. The molecule has 1 amide bonds. The Kier molecular flexibility index (Phi) is 5.45. The van der Waals surface area contributed by atoms with Crippen LogP contribution in [0.2, 0.25) is 0 Å². The van der Waals surface area contributed by atoms with E-state index >= 15 is 0 Å². The van der Waals surface area contributed by atoms with Crippen molar-refractivity contribution in [1.29, 1.82) is 0 Å². The van der Waals surface area contributed by atoms with Crippen LogP contribution < -0.4 is 10.9 Å². The third-order valence-corrected chi connectivity index (χ3v) is 4.70. The fourth-order valence-electron chi connectivity index (χ4n) is 3.27. The molecular formula is C18H24N4O3. The SMILES string of the molecule is COCCN1CC[C@@H](CNC(=O)c2cnc3cccc(C)n3c2=O)C1. The molecular weight excluding hydrogens is 320 g/mol. The van der Waals surface area contributed by atoms with Crippen molar-refractivity contribution < 1.29 is 9.53 Å². The average molecular weight is 344 g/mol. The summed E-state index contributed by atoms with van der Waals surface area (Å²) in [6, 6.07) is 5.42. The predicted octanol–water partition coefficient (Wildman–Crippen LogP) is 0.701. The minimum Gasteiger partial charge on any atom is -0.383 e. The maximum absolute atomic E-state index is 12.6. The summed E-state index contributed by atoms with van der Waals surface area (Å²) in [5.41, 5.74) is 1.06. The van der Waals surface area contributed by atoms with Gasteiger partial charge in [-0.25, -0.2) is 4.98 Å². The van der Waals surface area contributed by atoms with Crippen molar-refractivity contribution in [2.24, 2.45) is 5.92 Å². The highest BCUT2D eigenvalue weighted by Crippen LogP contribution is 2.14. The zero-order valence-corrected chi connectivity index (χ0v) is 14.7. The van der Waals surface area contributed by atoms with Crippen LogP contribution in [-0.4, -0.2) is 60.1 Å². The minimum atomic E-state index is -0.356. The third kappa shape index (κ3) is 3.88. The topological polar surface area (TPSA) is 75.9 Å². The number of hydrogen-bond acceptors (Lipinski definition) is 5. The summed E-state index contributed by atoms with van der Waals surface area (Å²) >= 11 is 0. The first-order chi connectivity index (χ1) is 12.1. The molecule has 2 aromatic rings. The Morgan fingerprint density at radius 2 is 2.28 bits per heavy atom. The number of aryl methyl sites for hydroxylation is 1. The zero-order valence-electron chi connectivity index (χ0n) is 14.7. The third-order valence-electron chi connectivity index (χ3n) is 4.70. The molecule has 1 fully saturated rings. The van der Waals surface area contributed by atoms with Gasteiger partial charge in [-0.05, 0) is 37.9 Å². The summed E-state index contributed by atoms with van der Waals surface area (Å²) in [5, 5.41) is 2.89. The quantitative estimate of drug-likeness (QED) is 0.835. The van der Waals surface area contributed by atoms with Gasteiger partial charge in [-0.2, -0.15) is 0 Å². The minimum absolute atomic E-state index is 0.0843. The van der Waals surface area contributed by atoms with Crippen LogP contribution in [0.15, 0.2) is 29.2 Å². The van der Waals surface area contributed by atoms with E-state index in [0.29, 0.717) is 18.1 Å². The lowest BCUT2D eigenvalue weighted by molar-refractivity contribution is 0.0944. The van der Waals surface area contributed by atoms with E-state index in [1.807, 2.05) is 19.1 Å². The van der Waals surface area contributed by atoms with Gasteiger partial charge in [0.1, 0.15) is 11.2 Å². The second-order valence-electron chi connectivity index (χ2n) is 6.50. The van der Waals surface area contributed by atoms with E-state index in [1.54, 1.807) is 13.2 Å². The van der Waals surface area contributed by atoms with E-state index in [1.165, 1.54) is 10.6 Å². The highest BCUT2D eigenvalue weighted by atomic mass is 16.5. The Morgan fingerprint density at radius 1 is 1.44 bits per heavy atom. The molecule has 0 saturated carbocycles. The number of carbonyl (C=O) groups excluding carboxylic acids is 1. The van der Waals surface area contributed by atoms with E-state index < -0.39 is 0 Å². The summed E-state index contributed by atoms with van der Waals surface area (Å²) in [6.45, 7) is 5.98. The molecule has 2 aromatic heterocycles. The molecule has 1 aliphatic heterocycles. The van der Waals surface area contributed by atoms with Gasteiger partial charge in [0, 0.05) is 38.6 Å². The van der Waals surface area contributed by atoms with E-state index in [9.17, 15) is 9.59 Å². The van der Waals surface area contributed by atoms with Gasteiger partial charge >= 0.3 is 0 Å². The van der Waals surface area contributed by atoms with Crippen molar-refractivity contribution in [1.82, 2.24) is 19.6 Å². The van der Waals surface area contributed by atoms with Crippen LogP contribution in [0.4, 0.5) is 0 Å². The molecule has 0 radical (unpaired) electrons. The number of carbonyl (C=O) groups is 1. The van der Waals surface area contributed by atoms with Crippen LogP contribution in [0.1, 0.15) is 22.5 Å². The number of nitrogens with zero attached hydrogens (tertiary/aromatic N) is 3. The van der Waals surface area contributed by atoms with Gasteiger partial charge in [0.15, 0.2) is 0 Å². The number of nitrogens with one attached hydrogen (secondary N) is 1. The Bertz CT molecular complexity index is 818. The number of fused-ring (bicyclic) bond motifs is 1. The van der Waals surface area contributed by atoms with Crippen LogP contribution in [0.3, 0.4) is 0 Å². The normalized spacial score (nSPS) is 17.9. The van der Waals surface area contributed by atoms with Crippen LogP contribution >= 0.6 is 0 Å². The summed E-state index contributed by atoms with van der Waals surface area (Å²) < 4.78 is 6.57. The van der Waals surface area contributed by atoms with Gasteiger partial charge < -0.3 is 15.0 Å². The number of rotatable bonds is 6. The number of amides is 1. The van der Waals surface area contributed by atoms with E-state index in [4.69, 9.17) is 4.74 Å². The highest BCUT2D eigenvalue weighted by Gasteiger charge is 2.23. The number of hydrogen-bond donors (Lipinski definition) is 1. The lowest BCUT2D eigenvalue weighted by atomic mass is 10.1. The van der Waals surface area contributed by atoms with E-state index in [-0.39, 0.29) is 17.0 Å². The van der Waals surface area contributed by atoms with E-state index in [2.05, 4.69) is 15.2 Å². The monoisotopic (exact) mass is 344 g/mol. The first-order valence-corrected chi connectivity index (χ1v) is 8.57. The summed E-state index contributed by atoms with van der Waals surface area (Å²) in [7, 11) is 1.70. The second-order valence-corrected chi connectivity index (χ2v) is 6.50. The molecule has 25 heavy (non-hydrogen) atoms. The fraction of sp³-hybridized carbons (Fsp3) is 0.500. The number of pyridine rings is 1. The Hall–Kier alpha value is -2.25. The molecule has 0 aliphatic carbocycles. The largest absolute Gasteiger partial charge is 0.383 e. The average Bonchev–Trinajstić information content (AvgIpc) is 3.06. The molecule has 7 heteroatoms. The molecule has 7 nitrogen and oxygen atoms in total. The van der Waals surface area contributed by atoms with Crippen LogP contribution in [0.25, 0.3) is 5.65 Å². The summed E-state index contributed by atoms with van der Waals surface area (Å²) in [6.07, 6.45) is 2.41. The number of methoxy groups -OCH3 is 1. The van der Waals surface area contributed by atoms with Crippen molar-refractivity contribution in [3.63, 3.8) is 0 Å². The lowest BCUT2D eigenvalue weighted by Crippen LogP contribution is -2.35. The molecule has 1 atom stereocenters. The van der Waals surface area contributed by atoms with Crippen LogP contribution in [0, 0.1) is 12.8 Å². The molecule has 0 aromatic carbocycles. The maximum atomic E-state index is 12.6. The first kappa shape index (κ1) is 17.6. The predicted molar refractivity (Wildman–Crippen MR) is 95.0 cm³/mol. The number of likely N-dealkylation sites (tertiary alicyclic amines) is 1. The van der Waals surface area contributed by atoms with Gasteiger partial charge in [-0.1, -0.05) is 6.07 Å². The maximum Gasteiger partial charge on any atom is 0.270 e. The molecule has 3 rings (SSSR count). The molecule has 0 bridgehead atoms. The first-order valence-electron chi connectivity index (χ1n) is 8.57. The van der Waals surface area contributed by atoms with Crippen LogP contribution in [-0.2, 0) is 4.74 Å². The fourth-order valence-corrected chi connectivity index (χ4v) is 3.27. The van der Waals surface area contributed by atoms with Crippen molar-refractivity contribution in [3.8, 4) is 0 Å². The molecule has 3 heterocycles. The molecule has 0 spiro atoms. The van der Waals surface area contributed by atoms with Gasteiger partial charge in [0.2, 0.25) is 0 Å². The van der Waals surface area contributed by atoms with Crippen molar-refractivity contribution >= 4 is 11.6 Å². The molecule has 1 aliphatic rings. The lowest BCUT2D eigenvalue weighted by Gasteiger charge is -2.15.